The van der Waals surface area contributed by atoms with Crippen molar-refractivity contribution in [3.63, 3.8) is 0 Å². The molecule has 1 aromatic heterocycles. The van der Waals surface area contributed by atoms with E-state index >= 15 is 0 Å². The molecule has 1 aromatic carbocycles. The van der Waals surface area contributed by atoms with Gasteiger partial charge in [-0.15, -0.1) is 0 Å². The van der Waals surface area contributed by atoms with E-state index in [9.17, 15) is 9.59 Å². The second kappa shape index (κ2) is 7.79. The molecule has 0 saturated carbocycles. The molecule has 6 heteroatoms. The molecule has 0 aliphatic carbocycles. The Morgan fingerprint density at radius 3 is 2.64 bits per heavy atom. The van der Waals surface area contributed by atoms with Crippen LogP contribution in [0.15, 0.2) is 48.8 Å². The molecule has 0 bridgehead atoms. The first kappa shape index (κ1) is 17.0. The van der Waals surface area contributed by atoms with Crippen LogP contribution in [0.4, 0.5) is 10.5 Å². The van der Waals surface area contributed by atoms with Gasteiger partial charge in [-0.1, -0.05) is 12.1 Å². The van der Waals surface area contributed by atoms with Crippen LogP contribution in [0.25, 0.3) is 0 Å². The van der Waals surface area contributed by atoms with E-state index in [1.165, 1.54) is 0 Å². The lowest BCUT2D eigenvalue weighted by Gasteiger charge is -2.32. The number of pyridine rings is 1. The molecule has 0 spiro atoms. The molecule has 0 unspecified atom stereocenters. The number of anilines is 1. The second-order valence-corrected chi connectivity index (χ2v) is 6.28. The topological polar surface area (TPSA) is 74.3 Å². The van der Waals surface area contributed by atoms with Crippen molar-refractivity contribution in [3.05, 3.63) is 59.9 Å². The summed E-state index contributed by atoms with van der Waals surface area (Å²) in [6.45, 7) is 3.23. The Bertz CT molecular complexity index is 740. The highest BCUT2D eigenvalue weighted by molar-refractivity contribution is 5.94. The molecule has 6 nitrogen and oxygen atoms in total. The van der Waals surface area contributed by atoms with Crippen LogP contribution in [0.5, 0.6) is 0 Å². The average molecular weight is 338 g/mol. The molecule has 130 valence electrons. The predicted molar refractivity (Wildman–Crippen MR) is 96.5 cm³/mol. The van der Waals surface area contributed by atoms with Crippen LogP contribution in [0.2, 0.25) is 0 Å². The maximum absolute atomic E-state index is 12.3. The highest BCUT2D eigenvalue weighted by Gasteiger charge is 2.24. The van der Waals surface area contributed by atoms with E-state index in [0.29, 0.717) is 18.7 Å². The summed E-state index contributed by atoms with van der Waals surface area (Å²) in [5, 5.41) is 5.94. The second-order valence-electron chi connectivity index (χ2n) is 6.28. The van der Waals surface area contributed by atoms with Crippen LogP contribution >= 0.6 is 0 Å². The minimum absolute atomic E-state index is 0.0794. The number of hydrogen-bond donors (Lipinski definition) is 2. The number of aromatic nitrogens is 1. The van der Waals surface area contributed by atoms with Crippen LogP contribution in [0.3, 0.4) is 0 Å². The van der Waals surface area contributed by atoms with E-state index in [4.69, 9.17) is 0 Å². The lowest BCUT2D eigenvalue weighted by molar-refractivity contribution is 0.0919. The predicted octanol–water partition coefficient (Wildman–Crippen LogP) is 2.82. The van der Waals surface area contributed by atoms with Gasteiger partial charge in [0.15, 0.2) is 0 Å². The Labute approximate surface area is 147 Å². The minimum atomic E-state index is -0.115. The molecule has 25 heavy (non-hydrogen) atoms. The van der Waals surface area contributed by atoms with Crippen LogP contribution in [-0.4, -0.2) is 41.0 Å². The Balaban J connectivity index is 1.48. The van der Waals surface area contributed by atoms with Crippen molar-refractivity contribution in [2.45, 2.75) is 25.8 Å². The highest BCUT2D eigenvalue weighted by Crippen LogP contribution is 2.15. The van der Waals surface area contributed by atoms with Crippen LogP contribution in [-0.2, 0) is 0 Å². The van der Waals surface area contributed by atoms with Gasteiger partial charge >= 0.3 is 6.03 Å². The summed E-state index contributed by atoms with van der Waals surface area (Å²) >= 11 is 0. The third-order valence-electron chi connectivity index (χ3n) is 4.31. The third kappa shape index (κ3) is 4.56. The number of nitrogens with zero attached hydrogens (tertiary/aromatic N) is 2. The average Bonchev–Trinajstić information content (AvgIpc) is 2.63. The van der Waals surface area contributed by atoms with E-state index in [0.717, 1.165) is 24.1 Å². The van der Waals surface area contributed by atoms with Crippen molar-refractivity contribution in [1.29, 1.82) is 0 Å². The Kier molecular flexibility index (Phi) is 5.28. The van der Waals surface area contributed by atoms with Gasteiger partial charge in [0.05, 0.1) is 5.56 Å². The fourth-order valence-corrected chi connectivity index (χ4v) is 2.92. The lowest BCUT2D eigenvalue weighted by atomic mass is 10.0. The number of urea groups is 1. The third-order valence-corrected chi connectivity index (χ3v) is 4.31. The first-order chi connectivity index (χ1) is 12.1. The summed E-state index contributed by atoms with van der Waals surface area (Å²) in [7, 11) is 0. The molecule has 1 aliphatic rings. The summed E-state index contributed by atoms with van der Waals surface area (Å²) in [4.78, 5) is 30.3. The van der Waals surface area contributed by atoms with Gasteiger partial charge < -0.3 is 15.5 Å². The van der Waals surface area contributed by atoms with Gasteiger partial charge in [0.2, 0.25) is 0 Å². The molecule has 2 heterocycles. The van der Waals surface area contributed by atoms with E-state index < -0.39 is 0 Å². The Hall–Kier alpha value is -2.89. The van der Waals surface area contributed by atoms with Crippen LogP contribution in [0.1, 0.15) is 28.8 Å². The molecule has 1 aliphatic heterocycles. The van der Waals surface area contributed by atoms with E-state index in [1.54, 1.807) is 29.4 Å². The molecule has 2 N–H and O–H groups in total. The van der Waals surface area contributed by atoms with Gasteiger partial charge in [-0.2, -0.15) is 0 Å². The summed E-state index contributed by atoms with van der Waals surface area (Å²) in [5.74, 6) is -0.115. The first-order valence-corrected chi connectivity index (χ1v) is 8.45. The molecular formula is C19H22N4O2. The van der Waals surface area contributed by atoms with Crippen molar-refractivity contribution in [3.8, 4) is 0 Å². The van der Waals surface area contributed by atoms with Crippen LogP contribution in [0, 0.1) is 6.92 Å². The minimum Gasteiger partial charge on any atom is -0.349 e. The number of likely N-dealkylation sites (tertiary alicyclic amines) is 1. The summed E-state index contributed by atoms with van der Waals surface area (Å²) in [6.07, 6.45) is 4.68. The van der Waals surface area contributed by atoms with Crippen molar-refractivity contribution in [1.82, 2.24) is 15.2 Å². The van der Waals surface area contributed by atoms with Gasteiger partial charge in [-0.25, -0.2) is 4.79 Å². The number of piperidine rings is 1. The monoisotopic (exact) mass is 338 g/mol. The van der Waals surface area contributed by atoms with Crippen molar-refractivity contribution in [2.75, 3.05) is 18.4 Å². The van der Waals surface area contributed by atoms with E-state index in [1.807, 2.05) is 31.2 Å². The van der Waals surface area contributed by atoms with Gasteiger partial charge in [0, 0.05) is 37.2 Å². The van der Waals surface area contributed by atoms with Crippen molar-refractivity contribution in [2.24, 2.45) is 0 Å². The summed E-state index contributed by atoms with van der Waals surface area (Å²) in [6, 6.07) is 11.2. The summed E-state index contributed by atoms with van der Waals surface area (Å²) in [5.41, 5.74) is 2.47. The number of amides is 3. The largest absolute Gasteiger partial charge is 0.349 e. The molecule has 2 aromatic rings. The van der Waals surface area contributed by atoms with Gasteiger partial charge in [0.25, 0.3) is 5.91 Å². The molecule has 1 fully saturated rings. The van der Waals surface area contributed by atoms with Gasteiger partial charge in [-0.05, 0) is 49.6 Å². The number of carbonyl (C=O) groups is 2. The van der Waals surface area contributed by atoms with Crippen LogP contribution < -0.4 is 10.6 Å². The number of rotatable bonds is 3. The zero-order chi connectivity index (χ0) is 17.6. The highest BCUT2D eigenvalue weighted by atomic mass is 16.2. The smallest absolute Gasteiger partial charge is 0.321 e. The number of carbonyl (C=O) groups excluding carboxylic acids is 2. The first-order valence-electron chi connectivity index (χ1n) is 8.45. The Morgan fingerprint density at radius 1 is 1.16 bits per heavy atom. The number of aryl methyl sites for hydroxylation is 1. The zero-order valence-electron chi connectivity index (χ0n) is 14.2. The van der Waals surface area contributed by atoms with Gasteiger partial charge in [0.1, 0.15) is 0 Å². The van der Waals surface area contributed by atoms with E-state index in [-0.39, 0.29) is 18.0 Å². The fraction of sp³-hybridized carbons (Fsp3) is 0.316. The quantitative estimate of drug-likeness (QED) is 0.904. The molecule has 0 atom stereocenters. The lowest BCUT2D eigenvalue weighted by Crippen LogP contribution is -2.47. The molecular weight excluding hydrogens is 316 g/mol. The molecule has 1 saturated heterocycles. The maximum Gasteiger partial charge on any atom is 0.321 e. The van der Waals surface area contributed by atoms with Crippen molar-refractivity contribution >= 4 is 17.6 Å². The zero-order valence-corrected chi connectivity index (χ0v) is 14.2. The Morgan fingerprint density at radius 2 is 1.96 bits per heavy atom. The normalized spacial score (nSPS) is 14.8. The standard InChI is InChI=1S/C19H22N4O2/c1-14-4-2-6-17(12-14)22-19(25)23-10-7-16(8-11-23)21-18(24)15-5-3-9-20-13-15/h2-6,9,12-13,16H,7-8,10-11H2,1H3,(H,21,24)(H,22,25). The molecule has 0 radical (unpaired) electrons. The number of hydrogen-bond acceptors (Lipinski definition) is 3. The fourth-order valence-electron chi connectivity index (χ4n) is 2.92. The number of benzene rings is 1. The SMILES string of the molecule is Cc1cccc(NC(=O)N2CCC(NC(=O)c3cccnc3)CC2)c1. The molecule has 3 rings (SSSR count). The molecule has 3 amide bonds. The summed E-state index contributed by atoms with van der Waals surface area (Å²) < 4.78 is 0. The van der Waals surface area contributed by atoms with Crippen molar-refractivity contribution < 1.29 is 9.59 Å². The van der Waals surface area contributed by atoms with E-state index in [2.05, 4.69) is 15.6 Å². The maximum atomic E-state index is 12.3. The number of nitrogens with one attached hydrogen (secondary N) is 2. The van der Waals surface area contributed by atoms with Gasteiger partial charge in [-0.3, -0.25) is 9.78 Å².